The molecule has 2 aliphatic rings. The van der Waals surface area contributed by atoms with Gasteiger partial charge in [-0.15, -0.1) is 0 Å². The van der Waals surface area contributed by atoms with Gasteiger partial charge in [0.2, 0.25) is 0 Å². The van der Waals surface area contributed by atoms with Crippen LogP contribution in [0.25, 0.3) is 0 Å². The molecule has 0 bridgehead atoms. The highest BCUT2D eigenvalue weighted by molar-refractivity contribution is 7.99. The molecule has 2 saturated heterocycles. The predicted molar refractivity (Wildman–Crippen MR) is 63.9 cm³/mol. The van der Waals surface area contributed by atoms with Crippen LogP contribution >= 0.6 is 11.8 Å². The summed E-state index contributed by atoms with van der Waals surface area (Å²) in [5.41, 5.74) is 0. The lowest BCUT2D eigenvalue weighted by atomic mass is 9.99. The van der Waals surface area contributed by atoms with Crippen molar-refractivity contribution in [2.75, 3.05) is 31.9 Å². The fourth-order valence-electron chi connectivity index (χ4n) is 2.71. The highest BCUT2D eigenvalue weighted by Gasteiger charge is 2.32. The molecule has 3 atom stereocenters. The van der Waals surface area contributed by atoms with Crippen LogP contribution in [-0.2, 0) is 0 Å². The van der Waals surface area contributed by atoms with E-state index in [9.17, 15) is 0 Å². The molecule has 0 aromatic heterocycles. The normalized spacial score (nSPS) is 40.3. The van der Waals surface area contributed by atoms with E-state index in [1.54, 1.807) is 0 Å². The Morgan fingerprint density at radius 1 is 1.43 bits per heavy atom. The van der Waals surface area contributed by atoms with Gasteiger partial charge in [0.25, 0.3) is 0 Å². The van der Waals surface area contributed by atoms with E-state index >= 15 is 0 Å². The molecule has 0 saturated carbocycles. The lowest BCUT2D eigenvalue weighted by Gasteiger charge is -2.37. The standard InChI is InChI=1S/C11H22N2S/c1-3-10-6-12-7-11(10)13-4-5-14-9(2)8-13/h9-12H,3-8H2,1-2H3. The van der Waals surface area contributed by atoms with Crippen LogP contribution in [-0.4, -0.2) is 48.1 Å². The zero-order valence-electron chi connectivity index (χ0n) is 9.33. The molecule has 0 aliphatic carbocycles. The monoisotopic (exact) mass is 214 g/mol. The van der Waals surface area contributed by atoms with Crippen molar-refractivity contribution >= 4 is 11.8 Å². The Kier molecular flexibility index (Phi) is 3.74. The van der Waals surface area contributed by atoms with Crippen LogP contribution in [0.3, 0.4) is 0 Å². The van der Waals surface area contributed by atoms with Crippen LogP contribution in [0.1, 0.15) is 20.3 Å². The van der Waals surface area contributed by atoms with Crippen molar-refractivity contribution in [3.8, 4) is 0 Å². The van der Waals surface area contributed by atoms with Crippen LogP contribution in [0.15, 0.2) is 0 Å². The molecule has 0 radical (unpaired) electrons. The zero-order valence-corrected chi connectivity index (χ0v) is 10.1. The van der Waals surface area contributed by atoms with Crippen molar-refractivity contribution in [2.24, 2.45) is 5.92 Å². The van der Waals surface area contributed by atoms with Gasteiger partial charge in [0.1, 0.15) is 0 Å². The number of rotatable bonds is 2. The van der Waals surface area contributed by atoms with Crippen molar-refractivity contribution in [1.29, 1.82) is 0 Å². The average molecular weight is 214 g/mol. The summed E-state index contributed by atoms with van der Waals surface area (Å²) in [4.78, 5) is 2.72. The molecule has 2 heterocycles. The Labute approximate surface area is 91.8 Å². The number of hydrogen-bond acceptors (Lipinski definition) is 3. The van der Waals surface area contributed by atoms with Crippen LogP contribution < -0.4 is 5.32 Å². The van der Waals surface area contributed by atoms with Crippen molar-refractivity contribution < 1.29 is 0 Å². The van der Waals surface area contributed by atoms with E-state index in [2.05, 4.69) is 35.8 Å². The van der Waals surface area contributed by atoms with Crippen molar-refractivity contribution in [3.63, 3.8) is 0 Å². The fourth-order valence-corrected chi connectivity index (χ4v) is 3.75. The van der Waals surface area contributed by atoms with E-state index in [-0.39, 0.29) is 0 Å². The van der Waals surface area contributed by atoms with Crippen LogP contribution in [0.4, 0.5) is 0 Å². The van der Waals surface area contributed by atoms with Gasteiger partial charge in [0, 0.05) is 36.7 Å². The SMILES string of the molecule is CCC1CNCC1N1CCSC(C)C1. The maximum absolute atomic E-state index is 3.54. The molecule has 0 aromatic rings. The van der Waals surface area contributed by atoms with Gasteiger partial charge in [-0.2, -0.15) is 11.8 Å². The molecule has 1 N–H and O–H groups in total. The first-order valence-corrected chi connectivity index (χ1v) is 6.92. The summed E-state index contributed by atoms with van der Waals surface area (Å²) in [6, 6.07) is 0.823. The van der Waals surface area contributed by atoms with Crippen LogP contribution in [0, 0.1) is 5.92 Å². The molecule has 14 heavy (non-hydrogen) atoms. The maximum atomic E-state index is 3.54. The summed E-state index contributed by atoms with van der Waals surface area (Å²) in [6.45, 7) is 9.74. The summed E-state index contributed by atoms with van der Waals surface area (Å²) in [7, 11) is 0. The first-order valence-electron chi connectivity index (χ1n) is 5.87. The van der Waals surface area contributed by atoms with Gasteiger partial charge in [0.05, 0.1) is 0 Å². The average Bonchev–Trinajstić information content (AvgIpc) is 2.65. The molecule has 2 nitrogen and oxygen atoms in total. The molecular weight excluding hydrogens is 192 g/mol. The van der Waals surface area contributed by atoms with Gasteiger partial charge in [0.15, 0.2) is 0 Å². The Bertz CT molecular complexity index is 186. The minimum Gasteiger partial charge on any atom is -0.315 e. The van der Waals surface area contributed by atoms with Gasteiger partial charge in [-0.3, -0.25) is 4.90 Å². The summed E-state index contributed by atoms with van der Waals surface area (Å²) in [5, 5.41) is 4.37. The third kappa shape index (κ3) is 2.26. The van der Waals surface area contributed by atoms with E-state index in [1.807, 2.05) is 0 Å². The number of nitrogens with zero attached hydrogens (tertiary/aromatic N) is 1. The molecule has 3 heteroatoms. The lowest BCUT2D eigenvalue weighted by Crippen LogP contribution is -2.47. The molecule has 3 unspecified atom stereocenters. The van der Waals surface area contributed by atoms with Gasteiger partial charge in [-0.25, -0.2) is 0 Å². The molecule has 82 valence electrons. The van der Waals surface area contributed by atoms with Crippen molar-refractivity contribution in [3.05, 3.63) is 0 Å². The van der Waals surface area contributed by atoms with Gasteiger partial charge in [-0.05, 0) is 12.5 Å². The summed E-state index contributed by atoms with van der Waals surface area (Å²) < 4.78 is 0. The third-order valence-electron chi connectivity index (χ3n) is 3.57. The largest absolute Gasteiger partial charge is 0.315 e. The Morgan fingerprint density at radius 3 is 3.00 bits per heavy atom. The second kappa shape index (κ2) is 4.86. The fraction of sp³-hybridized carbons (Fsp3) is 1.00. The molecule has 0 aromatic carbocycles. The van der Waals surface area contributed by atoms with E-state index < -0.39 is 0 Å². The Morgan fingerprint density at radius 2 is 2.29 bits per heavy atom. The van der Waals surface area contributed by atoms with Gasteiger partial charge < -0.3 is 5.32 Å². The molecule has 0 spiro atoms. The highest BCUT2D eigenvalue weighted by atomic mass is 32.2. The van der Waals surface area contributed by atoms with Gasteiger partial charge in [-0.1, -0.05) is 20.3 Å². The molecular formula is C11H22N2S. The molecule has 2 fully saturated rings. The van der Waals surface area contributed by atoms with E-state index in [0.717, 1.165) is 17.2 Å². The Balaban J connectivity index is 1.92. The minimum atomic E-state index is 0.823. The highest BCUT2D eigenvalue weighted by Crippen LogP contribution is 2.25. The first kappa shape index (κ1) is 10.8. The molecule has 2 rings (SSSR count). The first-order chi connectivity index (χ1) is 6.81. The lowest BCUT2D eigenvalue weighted by molar-refractivity contribution is 0.177. The second-order valence-electron chi connectivity index (χ2n) is 4.57. The van der Waals surface area contributed by atoms with Crippen LogP contribution in [0.5, 0.6) is 0 Å². The topological polar surface area (TPSA) is 15.3 Å². The summed E-state index contributed by atoms with van der Waals surface area (Å²) in [5.74, 6) is 2.22. The molecule has 2 aliphatic heterocycles. The summed E-state index contributed by atoms with van der Waals surface area (Å²) in [6.07, 6.45) is 1.33. The maximum Gasteiger partial charge on any atom is 0.0261 e. The molecule has 0 amide bonds. The van der Waals surface area contributed by atoms with E-state index in [4.69, 9.17) is 0 Å². The van der Waals surface area contributed by atoms with E-state index in [0.29, 0.717) is 0 Å². The number of thioether (sulfide) groups is 1. The quantitative estimate of drug-likeness (QED) is 0.748. The zero-order chi connectivity index (χ0) is 9.97. The predicted octanol–water partition coefficient (Wildman–Crippen LogP) is 1.42. The number of hydrogen-bond donors (Lipinski definition) is 1. The van der Waals surface area contributed by atoms with Crippen molar-refractivity contribution in [1.82, 2.24) is 10.2 Å². The summed E-state index contributed by atoms with van der Waals surface area (Å²) >= 11 is 2.13. The van der Waals surface area contributed by atoms with Crippen molar-refractivity contribution in [2.45, 2.75) is 31.6 Å². The minimum absolute atomic E-state index is 0.823. The second-order valence-corrected chi connectivity index (χ2v) is 6.12. The number of nitrogens with one attached hydrogen (secondary N) is 1. The Hall–Kier alpha value is 0.270. The van der Waals surface area contributed by atoms with Crippen LogP contribution in [0.2, 0.25) is 0 Å². The van der Waals surface area contributed by atoms with Gasteiger partial charge >= 0.3 is 0 Å². The third-order valence-corrected chi connectivity index (χ3v) is 4.71. The smallest absolute Gasteiger partial charge is 0.0261 e. The van der Waals surface area contributed by atoms with E-state index in [1.165, 1.54) is 38.4 Å².